The molecule has 2 aliphatic rings. The molecule has 0 aromatic carbocycles. The molecule has 2 rings (SSSR count). The fraction of sp³-hybridized carbons (Fsp3) is 0.889. The highest BCUT2D eigenvalue weighted by Gasteiger charge is 2.32. The first-order chi connectivity index (χ1) is 15.3. The number of hydrogen-bond donors (Lipinski definition) is 4. The predicted molar refractivity (Wildman–Crippen MR) is 128 cm³/mol. The number of carbonyl (C=O) groups is 1. The molecule has 5 atom stereocenters. The minimum Gasteiger partial charge on any atom is -0.481 e. The van der Waals surface area contributed by atoms with E-state index in [1.165, 1.54) is 25.7 Å². The third kappa shape index (κ3) is 9.52. The SMILES string of the molecule is CCCCC[C@@H]1C=C[C@@H](CCCCC[C@H](C(=O)O)[C@H](O)CCC2(O)CCCCC2)[C@H](O)C1. The summed E-state index contributed by atoms with van der Waals surface area (Å²) in [4.78, 5) is 11.7. The molecule has 0 unspecified atom stereocenters. The molecule has 0 aromatic heterocycles. The Labute approximate surface area is 195 Å². The van der Waals surface area contributed by atoms with Crippen LogP contribution < -0.4 is 0 Å². The Morgan fingerprint density at radius 1 is 1.00 bits per heavy atom. The standard InChI is InChI=1S/C27H48O5/c1-2-3-6-11-21-14-15-22(25(29)20-21)12-7-4-8-13-23(26(30)31)24(28)16-19-27(32)17-9-5-10-18-27/h14-15,21-25,28-29,32H,2-13,16-20H2,1H3,(H,30,31)/t21-,22-,23+,24-,25-/m1/s1. The fourth-order valence-electron chi connectivity index (χ4n) is 5.63. The molecule has 0 spiro atoms. The van der Waals surface area contributed by atoms with Crippen molar-refractivity contribution >= 4 is 5.97 Å². The lowest BCUT2D eigenvalue weighted by atomic mass is 9.79. The first-order valence-corrected chi connectivity index (χ1v) is 13.3. The van der Waals surface area contributed by atoms with Crippen molar-refractivity contribution in [3.63, 3.8) is 0 Å². The molecule has 2 aliphatic carbocycles. The highest BCUT2D eigenvalue weighted by atomic mass is 16.4. The largest absolute Gasteiger partial charge is 0.481 e. The van der Waals surface area contributed by atoms with Crippen LogP contribution in [0.3, 0.4) is 0 Å². The third-order valence-electron chi connectivity index (χ3n) is 7.87. The maximum absolute atomic E-state index is 11.7. The summed E-state index contributed by atoms with van der Waals surface area (Å²) in [6, 6.07) is 0. The molecular weight excluding hydrogens is 404 g/mol. The smallest absolute Gasteiger partial charge is 0.309 e. The van der Waals surface area contributed by atoms with Gasteiger partial charge in [-0.05, 0) is 57.3 Å². The minimum atomic E-state index is -0.937. The molecule has 186 valence electrons. The van der Waals surface area contributed by atoms with Crippen LogP contribution >= 0.6 is 0 Å². The summed E-state index contributed by atoms with van der Waals surface area (Å²) < 4.78 is 0. The Balaban J connectivity index is 1.65. The fourth-order valence-corrected chi connectivity index (χ4v) is 5.63. The van der Waals surface area contributed by atoms with Crippen LogP contribution in [0.2, 0.25) is 0 Å². The number of aliphatic carboxylic acids is 1. The Morgan fingerprint density at radius 3 is 2.38 bits per heavy atom. The molecule has 5 heteroatoms. The predicted octanol–water partition coefficient (Wildman–Crippen LogP) is 5.61. The van der Waals surface area contributed by atoms with E-state index in [-0.39, 0.29) is 12.0 Å². The normalized spacial score (nSPS) is 27.2. The van der Waals surface area contributed by atoms with Crippen molar-refractivity contribution < 1.29 is 25.2 Å². The van der Waals surface area contributed by atoms with Crippen molar-refractivity contribution in [1.82, 2.24) is 0 Å². The second kappa shape index (κ2) is 14.4. The van der Waals surface area contributed by atoms with E-state index < -0.39 is 23.6 Å². The number of carboxylic acid groups (broad SMARTS) is 1. The van der Waals surface area contributed by atoms with Crippen LogP contribution in [0, 0.1) is 17.8 Å². The van der Waals surface area contributed by atoms with Gasteiger partial charge >= 0.3 is 5.97 Å². The van der Waals surface area contributed by atoms with Gasteiger partial charge in [0, 0.05) is 5.92 Å². The van der Waals surface area contributed by atoms with Gasteiger partial charge in [-0.3, -0.25) is 4.79 Å². The van der Waals surface area contributed by atoms with Gasteiger partial charge in [-0.15, -0.1) is 0 Å². The van der Waals surface area contributed by atoms with Crippen LogP contribution in [-0.2, 0) is 4.79 Å². The Hall–Kier alpha value is -0.910. The summed E-state index contributed by atoms with van der Waals surface area (Å²) in [5.41, 5.74) is -0.717. The van der Waals surface area contributed by atoms with Gasteiger partial charge in [0.25, 0.3) is 0 Å². The van der Waals surface area contributed by atoms with Gasteiger partial charge < -0.3 is 20.4 Å². The lowest BCUT2D eigenvalue weighted by Crippen LogP contribution is -2.35. The van der Waals surface area contributed by atoms with Gasteiger partial charge in [-0.25, -0.2) is 0 Å². The molecule has 4 N–H and O–H groups in total. The van der Waals surface area contributed by atoms with Gasteiger partial charge in [-0.2, -0.15) is 0 Å². The summed E-state index contributed by atoms with van der Waals surface area (Å²) >= 11 is 0. The lowest BCUT2D eigenvalue weighted by Gasteiger charge is -2.33. The Bertz CT molecular complexity index is 554. The number of unbranched alkanes of at least 4 members (excludes halogenated alkanes) is 4. The van der Waals surface area contributed by atoms with Crippen LogP contribution in [-0.4, -0.2) is 44.2 Å². The molecule has 1 fully saturated rings. The molecule has 0 bridgehead atoms. The first kappa shape index (κ1) is 27.3. The monoisotopic (exact) mass is 452 g/mol. The second-order valence-electron chi connectivity index (χ2n) is 10.6. The summed E-state index contributed by atoms with van der Waals surface area (Å²) in [5.74, 6) is -0.967. The van der Waals surface area contributed by atoms with Crippen molar-refractivity contribution in [3.8, 4) is 0 Å². The van der Waals surface area contributed by atoms with Crippen LogP contribution in [0.15, 0.2) is 12.2 Å². The maximum Gasteiger partial charge on any atom is 0.309 e. The van der Waals surface area contributed by atoms with Crippen LogP contribution in [0.25, 0.3) is 0 Å². The average molecular weight is 453 g/mol. The van der Waals surface area contributed by atoms with Gasteiger partial charge in [0.1, 0.15) is 0 Å². The van der Waals surface area contributed by atoms with Crippen LogP contribution in [0.4, 0.5) is 0 Å². The lowest BCUT2D eigenvalue weighted by molar-refractivity contribution is -0.146. The van der Waals surface area contributed by atoms with E-state index in [2.05, 4.69) is 19.1 Å². The zero-order valence-electron chi connectivity index (χ0n) is 20.3. The first-order valence-electron chi connectivity index (χ1n) is 13.3. The summed E-state index contributed by atoms with van der Waals surface area (Å²) in [6.45, 7) is 2.21. The highest BCUT2D eigenvalue weighted by Crippen LogP contribution is 2.34. The van der Waals surface area contributed by atoms with Crippen molar-refractivity contribution in [2.75, 3.05) is 0 Å². The van der Waals surface area contributed by atoms with E-state index >= 15 is 0 Å². The van der Waals surface area contributed by atoms with Crippen molar-refractivity contribution in [2.45, 2.75) is 134 Å². The van der Waals surface area contributed by atoms with E-state index in [0.29, 0.717) is 25.2 Å². The van der Waals surface area contributed by atoms with Crippen molar-refractivity contribution in [2.24, 2.45) is 17.8 Å². The summed E-state index contributed by atoms with van der Waals surface area (Å²) in [7, 11) is 0. The molecule has 0 aromatic rings. The number of aliphatic hydroxyl groups excluding tert-OH is 2. The molecule has 32 heavy (non-hydrogen) atoms. The minimum absolute atomic E-state index is 0.217. The van der Waals surface area contributed by atoms with E-state index in [4.69, 9.17) is 0 Å². The van der Waals surface area contributed by atoms with Gasteiger partial charge in [-0.1, -0.05) is 76.9 Å². The molecule has 5 nitrogen and oxygen atoms in total. The number of rotatable bonds is 15. The average Bonchev–Trinajstić information content (AvgIpc) is 2.76. The topological polar surface area (TPSA) is 98.0 Å². The third-order valence-corrected chi connectivity index (χ3v) is 7.87. The van der Waals surface area contributed by atoms with Gasteiger partial charge in [0.2, 0.25) is 0 Å². The molecule has 0 heterocycles. The molecule has 0 amide bonds. The van der Waals surface area contributed by atoms with Crippen LogP contribution in [0.5, 0.6) is 0 Å². The highest BCUT2D eigenvalue weighted by molar-refractivity contribution is 5.70. The molecule has 0 radical (unpaired) electrons. The Morgan fingerprint density at radius 2 is 1.72 bits per heavy atom. The van der Waals surface area contributed by atoms with Gasteiger partial charge in [0.05, 0.1) is 23.7 Å². The van der Waals surface area contributed by atoms with Gasteiger partial charge in [0.15, 0.2) is 0 Å². The second-order valence-corrected chi connectivity index (χ2v) is 10.6. The molecule has 0 saturated heterocycles. The number of hydrogen-bond acceptors (Lipinski definition) is 4. The van der Waals surface area contributed by atoms with Crippen LogP contribution in [0.1, 0.15) is 116 Å². The zero-order valence-corrected chi connectivity index (χ0v) is 20.3. The maximum atomic E-state index is 11.7. The van der Waals surface area contributed by atoms with E-state index in [1.54, 1.807) is 0 Å². The Kier molecular flexibility index (Phi) is 12.3. The molecule has 0 aliphatic heterocycles. The summed E-state index contributed by atoms with van der Waals surface area (Å²) in [6.07, 6.45) is 18.7. The summed E-state index contributed by atoms with van der Waals surface area (Å²) in [5, 5.41) is 41.2. The van der Waals surface area contributed by atoms with E-state index in [0.717, 1.165) is 64.2 Å². The number of aliphatic hydroxyl groups is 3. The quantitative estimate of drug-likeness (QED) is 0.191. The van der Waals surface area contributed by atoms with Crippen molar-refractivity contribution in [1.29, 1.82) is 0 Å². The molecule has 1 saturated carbocycles. The van der Waals surface area contributed by atoms with E-state index in [1.807, 2.05) is 0 Å². The number of allylic oxidation sites excluding steroid dienone is 1. The number of carboxylic acids is 1. The zero-order chi connectivity index (χ0) is 23.4. The van der Waals surface area contributed by atoms with Crippen molar-refractivity contribution in [3.05, 3.63) is 12.2 Å². The molecular formula is C27H48O5. The van der Waals surface area contributed by atoms with E-state index in [9.17, 15) is 25.2 Å².